The summed E-state index contributed by atoms with van der Waals surface area (Å²) < 4.78 is 4.98. The van der Waals surface area contributed by atoms with Crippen LogP contribution in [0.2, 0.25) is 0 Å². The Labute approximate surface area is 109 Å². The van der Waals surface area contributed by atoms with Gasteiger partial charge in [0.25, 0.3) is 0 Å². The number of nitro groups is 1. The van der Waals surface area contributed by atoms with Crippen LogP contribution in [0, 0.1) is 16.0 Å². The number of ether oxygens (including phenoxy) is 1. The topological polar surface area (TPSA) is 77.3 Å². The third-order valence-electron chi connectivity index (χ3n) is 2.84. The van der Waals surface area contributed by atoms with Crippen molar-refractivity contribution >= 4 is 23.3 Å². The van der Waals surface area contributed by atoms with E-state index in [-0.39, 0.29) is 11.5 Å². The normalized spacial score (nSPS) is 18.6. The van der Waals surface area contributed by atoms with E-state index in [0.29, 0.717) is 18.3 Å². The van der Waals surface area contributed by atoms with Crippen molar-refractivity contribution in [2.24, 2.45) is 5.92 Å². The maximum Gasteiger partial charge on any atom is 0.311 e. The van der Waals surface area contributed by atoms with Crippen molar-refractivity contribution in [3.05, 3.63) is 22.2 Å². The van der Waals surface area contributed by atoms with E-state index in [4.69, 9.17) is 4.74 Å². The van der Waals surface area contributed by atoms with Crippen molar-refractivity contribution in [2.45, 2.75) is 6.42 Å². The Morgan fingerprint density at radius 3 is 3.11 bits per heavy atom. The highest BCUT2D eigenvalue weighted by Gasteiger charge is 2.19. The highest BCUT2D eigenvalue weighted by Crippen LogP contribution is 2.27. The summed E-state index contributed by atoms with van der Waals surface area (Å²) in [7, 11) is 1.49. The third-order valence-corrected chi connectivity index (χ3v) is 4.07. The predicted octanol–water partition coefficient (Wildman–Crippen LogP) is 2.16. The molecule has 1 aromatic heterocycles. The van der Waals surface area contributed by atoms with E-state index in [0.717, 1.165) is 12.2 Å². The Hall–Kier alpha value is -1.50. The van der Waals surface area contributed by atoms with E-state index >= 15 is 0 Å². The first-order valence-corrected chi connectivity index (χ1v) is 6.87. The largest absolute Gasteiger partial charge is 0.481 e. The van der Waals surface area contributed by atoms with Crippen LogP contribution in [-0.4, -0.2) is 35.1 Å². The molecule has 0 spiro atoms. The molecule has 0 amide bonds. The number of nitrogens with one attached hydrogen (secondary N) is 1. The lowest BCUT2D eigenvalue weighted by Crippen LogP contribution is -2.15. The summed E-state index contributed by atoms with van der Waals surface area (Å²) in [5.74, 6) is 3.49. The number of aromatic nitrogens is 1. The van der Waals surface area contributed by atoms with Gasteiger partial charge in [-0.25, -0.2) is 0 Å². The minimum atomic E-state index is -0.432. The summed E-state index contributed by atoms with van der Waals surface area (Å²) in [4.78, 5) is 14.6. The van der Waals surface area contributed by atoms with Crippen molar-refractivity contribution in [2.75, 3.05) is 30.5 Å². The summed E-state index contributed by atoms with van der Waals surface area (Å²) in [5.41, 5.74) is -0.0125. The van der Waals surface area contributed by atoms with Gasteiger partial charge < -0.3 is 10.1 Å². The zero-order valence-electron chi connectivity index (χ0n) is 10.1. The van der Waals surface area contributed by atoms with Crippen molar-refractivity contribution in [3.8, 4) is 5.88 Å². The van der Waals surface area contributed by atoms with Gasteiger partial charge in [-0.3, -0.25) is 10.1 Å². The van der Waals surface area contributed by atoms with Crippen LogP contribution in [0.3, 0.4) is 0 Å². The molecule has 1 atom stereocenters. The molecule has 6 nitrogen and oxygen atoms in total. The van der Waals surface area contributed by atoms with Gasteiger partial charge in [0.1, 0.15) is 0 Å². The predicted molar refractivity (Wildman–Crippen MR) is 71.4 cm³/mol. The van der Waals surface area contributed by atoms with E-state index in [1.54, 1.807) is 0 Å². The lowest BCUT2D eigenvalue weighted by molar-refractivity contribution is -0.384. The highest BCUT2D eigenvalue weighted by atomic mass is 32.2. The maximum atomic E-state index is 10.9. The van der Waals surface area contributed by atoms with Gasteiger partial charge in [0, 0.05) is 18.7 Å². The first kappa shape index (κ1) is 12.9. The van der Waals surface area contributed by atoms with Gasteiger partial charge in [0.05, 0.1) is 12.0 Å². The van der Waals surface area contributed by atoms with E-state index in [1.165, 1.54) is 25.0 Å². The Morgan fingerprint density at radius 2 is 2.50 bits per heavy atom. The van der Waals surface area contributed by atoms with E-state index in [2.05, 4.69) is 10.3 Å². The van der Waals surface area contributed by atoms with Crippen LogP contribution >= 0.6 is 11.8 Å². The van der Waals surface area contributed by atoms with Crippen LogP contribution in [0.15, 0.2) is 12.1 Å². The number of methoxy groups -OCH3 is 1. The van der Waals surface area contributed by atoms with Gasteiger partial charge in [-0.1, -0.05) is 0 Å². The summed E-state index contributed by atoms with van der Waals surface area (Å²) in [6, 6.07) is 2.91. The molecule has 0 radical (unpaired) electrons. The number of anilines is 1. The second-order valence-corrected chi connectivity index (χ2v) is 5.24. The molecule has 7 heteroatoms. The maximum absolute atomic E-state index is 10.9. The van der Waals surface area contributed by atoms with Crippen LogP contribution in [0.1, 0.15) is 6.42 Å². The molecule has 2 heterocycles. The average Bonchev–Trinajstić information content (AvgIpc) is 2.88. The van der Waals surface area contributed by atoms with Gasteiger partial charge in [0.2, 0.25) is 11.7 Å². The summed E-state index contributed by atoms with van der Waals surface area (Å²) >= 11 is 1.92. The first-order chi connectivity index (χ1) is 8.70. The lowest BCUT2D eigenvalue weighted by atomic mass is 10.1. The molecule has 0 bridgehead atoms. The van der Waals surface area contributed by atoms with Gasteiger partial charge in [-0.05, 0) is 23.8 Å². The zero-order chi connectivity index (χ0) is 13.0. The third kappa shape index (κ3) is 3.04. The fraction of sp³-hybridized carbons (Fsp3) is 0.545. The number of rotatable bonds is 5. The molecule has 1 aliphatic rings. The molecule has 1 fully saturated rings. The SMILES string of the molecule is COc1ccc([N+](=O)[O-])c(NCC2CCSC2)n1. The molecule has 2 rings (SSSR count). The molecule has 98 valence electrons. The molecular formula is C11H15N3O3S. The monoisotopic (exact) mass is 269 g/mol. The molecule has 0 aliphatic carbocycles. The molecule has 1 aliphatic heterocycles. The van der Waals surface area contributed by atoms with E-state index < -0.39 is 4.92 Å². The Bertz CT molecular complexity index is 436. The summed E-state index contributed by atoms with van der Waals surface area (Å²) in [5, 5.41) is 14.0. The van der Waals surface area contributed by atoms with Gasteiger partial charge >= 0.3 is 5.69 Å². The quantitative estimate of drug-likeness (QED) is 0.652. The number of hydrogen-bond acceptors (Lipinski definition) is 6. The standard InChI is InChI=1S/C11H15N3O3S/c1-17-10-3-2-9(14(15)16)11(13-10)12-6-8-4-5-18-7-8/h2-3,8H,4-7H2,1H3,(H,12,13). The second-order valence-electron chi connectivity index (χ2n) is 4.09. The van der Waals surface area contributed by atoms with Crippen LogP contribution < -0.4 is 10.1 Å². The number of thioether (sulfide) groups is 1. The summed E-state index contributed by atoms with van der Waals surface area (Å²) in [6.45, 7) is 0.716. The molecule has 18 heavy (non-hydrogen) atoms. The van der Waals surface area contributed by atoms with E-state index in [1.807, 2.05) is 11.8 Å². The Balaban J connectivity index is 2.10. The molecule has 1 saturated heterocycles. The number of pyridine rings is 1. The molecule has 1 unspecified atom stereocenters. The highest BCUT2D eigenvalue weighted by molar-refractivity contribution is 7.99. The fourth-order valence-electron chi connectivity index (χ4n) is 1.81. The van der Waals surface area contributed by atoms with Crippen LogP contribution in [-0.2, 0) is 0 Å². The van der Waals surface area contributed by atoms with Crippen LogP contribution in [0.25, 0.3) is 0 Å². The average molecular weight is 269 g/mol. The van der Waals surface area contributed by atoms with Crippen LogP contribution in [0.5, 0.6) is 5.88 Å². The van der Waals surface area contributed by atoms with Crippen molar-refractivity contribution in [1.29, 1.82) is 0 Å². The number of nitrogens with zero attached hydrogens (tertiary/aromatic N) is 2. The second kappa shape index (κ2) is 5.90. The molecule has 1 aromatic rings. The smallest absolute Gasteiger partial charge is 0.311 e. The van der Waals surface area contributed by atoms with Gasteiger partial charge in [0.15, 0.2) is 0 Å². The molecule has 0 aromatic carbocycles. The number of hydrogen-bond donors (Lipinski definition) is 1. The zero-order valence-corrected chi connectivity index (χ0v) is 10.9. The molecular weight excluding hydrogens is 254 g/mol. The molecule has 0 saturated carbocycles. The summed E-state index contributed by atoms with van der Waals surface area (Å²) in [6.07, 6.45) is 1.15. The van der Waals surface area contributed by atoms with Crippen LogP contribution in [0.4, 0.5) is 11.5 Å². The van der Waals surface area contributed by atoms with Gasteiger partial charge in [-0.2, -0.15) is 16.7 Å². The molecule has 1 N–H and O–H groups in total. The minimum absolute atomic E-state index is 0.0125. The Kier molecular flexibility index (Phi) is 4.24. The van der Waals surface area contributed by atoms with Crippen molar-refractivity contribution < 1.29 is 9.66 Å². The first-order valence-electron chi connectivity index (χ1n) is 5.71. The Morgan fingerprint density at radius 1 is 1.67 bits per heavy atom. The lowest BCUT2D eigenvalue weighted by Gasteiger charge is -2.11. The van der Waals surface area contributed by atoms with Crippen molar-refractivity contribution in [3.63, 3.8) is 0 Å². The van der Waals surface area contributed by atoms with Crippen molar-refractivity contribution in [1.82, 2.24) is 4.98 Å². The van der Waals surface area contributed by atoms with E-state index in [9.17, 15) is 10.1 Å². The fourth-order valence-corrected chi connectivity index (χ4v) is 3.09. The van der Waals surface area contributed by atoms with Gasteiger partial charge in [-0.15, -0.1) is 0 Å². The minimum Gasteiger partial charge on any atom is -0.481 e.